The first kappa shape index (κ1) is 23.4. The summed E-state index contributed by atoms with van der Waals surface area (Å²) in [7, 11) is -3.13. The Kier molecular flexibility index (Phi) is 11.3. The average molecular weight is 408 g/mol. The first-order valence-corrected chi connectivity index (χ1v) is 9.93. The van der Waals surface area contributed by atoms with Crippen LogP contribution in [0.15, 0.2) is 60.7 Å². The highest BCUT2D eigenvalue weighted by atomic mass is 31.1. The van der Waals surface area contributed by atoms with Gasteiger partial charge in [0.2, 0.25) is 5.91 Å². The predicted octanol–water partition coefficient (Wildman–Crippen LogP) is 2.02. The van der Waals surface area contributed by atoms with Gasteiger partial charge >= 0.3 is 14.3 Å². The zero-order valence-corrected chi connectivity index (χ0v) is 16.5. The number of nitrogens with one attached hydrogen (secondary N) is 2. The van der Waals surface area contributed by atoms with Gasteiger partial charge in [0.15, 0.2) is 0 Å². The van der Waals surface area contributed by atoms with Gasteiger partial charge in [0.25, 0.3) is 0 Å². The van der Waals surface area contributed by atoms with E-state index in [9.17, 15) is 9.59 Å². The van der Waals surface area contributed by atoms with Gasteiger partial charge in [0.1, 0.15) is 12.6 Å². The van der Waals surface area contributed by atoms with E-state index in [1.165, 1.54) is 0 Å². The third kappa shape index (κ3) is 10.5. The molecule has 1 atom stereocenters. The van der Waals surface area contributed by atoms with Gasteiger partial charge < -0.3 is 25.2 Å². The molecule has 0 fully saturated rings. The normalized spacial score (nSPS) is 11.0. The maximum absolute atomic E-state index is 12.2. The Bertz CT molecular complexity index is 739. The molecular weight excluding hydrogens is 383 g/mol. The molecule has 0 radical (unpaired) electrons. The molecule has 4 N–H and O–H groups in total. The van der Waals surface area contributed by atoms with Crippen molar-refractivity contribution >= 4 is 20.3 Å². The number of hydrogen-bond donors (Lipinski definition) is 4. The molecule has 0 heterocycles. The van der Waals surface area contributed by atoms with Gasteiger partial charge in [-0.3, -0.25) is 9.36 Å². The van der Waals surface area contributed by atoms with Crippen LogP contribution in [0.1, 0.15) is 18.1 Å². The molecule has 0 bridgehead atoms. The van der Waals surface area contributed by atoms with Crippen molar-refractivity contribution in [2.24, 2.45) is 0 Å². The molecular formula is C19H25N2O6P. The molecule has 0 aliphatic rings. The zero-order valence-electron chi connectivity index (χ0n) is 15.5. The molecule has 2 aromatic rings. The molecule has 152 valence electrons. The second-order valence-corrected chi connectivity index (χ2v) is 6.19. The lowest BCUT2D eigenvalue weighted by Gasteiger charge is -2.18. The number of carbonyl (C=O) groups excluding carboxylic acids is 2. The molecule has 0 spiro atoms. The first-order chi connectivity index (χ1) is 13.4. The summed E-state index contributed by atoms with van der Waals surface area (Å²) in [5.74, 6) is -0.224. The standard InChI is InChI=1S/C19H22N2O3.H3O3P/c1-2-20-18(22)17(13-15-9-5-3-6-10-15)21-19(23)24-14-16-11-7-4-8-12-16;1-4(2)3/h3-12,17H,2,13-14H2,1H3,(H,20,22)(H,21,23);4H,(H2,1,2,3)/t17-;/m0./s1. The third-order valence-corrected chi connectivity index (χ3v) is 3.45. The minimum atomic E-state index is -3.13. The van der Waals surface area contributed by atoms with Crippen LogP contribution in [0.5, 0.6) is 0 Å². The second-order valence-electron chi connectivity index (χ2n) is 5.63. The van der Waals surface area contributed by atoms with Gasteiger partial charge in [-0.1, -0.05) is 60.7 Å². The van der Waals surface area contributed by atoms with E-state index < -0.39 is 20.4 Å². The van der Waals surface area contributed by atoms with Crippen molar-refractivity contribution in [3.63, 3.8) is 0 Å². The van der Waals surface area contributed by atoms with Crippen LogP contribution < -0.4 is 10.6 Å². The van der Waals surface area contributed by atoms with Crippen LogP contribution in [-0.2, 0) is 27.1 Å². The lowest BCUT2D eigenvalue weighted by atomic mass is 10.1. The Morgan fingerprint density at radius 3 is 2.00 bits per heavy atom. The van der Waals surface area contributed by atoms with Crippen molar-refractivity contribution in [3.8, 4) is 0 Å². The topological polar surface area (TPSA) is 125 Å². The fourth-order valence-corrected chi connectivity index (χ4v) is 2.26. The number of ether oxygens (including phenoxy) is 1. The molecule has 2 amide bonds. The van der Waals surface area contributed by atoms with Gasteiger partial charge in [0, 0.05) is 13.0 Å². The van der Waals surface area contributed by atoms with Crippen molar-refractivity contribution in [1.82, 2.24) is 10.6 Å². The Balaban J connectivity index is 0.000000892. The van der Waals surface area contributed by atoms with Crippen molar-refractivity contribution in [2.45, 2.75) is 26.0 Å². The summed E-state index contributed by atoms with van der Waals surface area (Å²) in [5.41, 5.74) is 1.86. The number of benzene rings is 2. The SMILES string of the molecule is CCNC(=O)[C@H](Cc1ccccc1)NC(=O)OCc1ccccc1.O=[PH](O)O. The number of likely N-dealkylation sites (N-methyl/N-ethyl adjacent to an activating group) is 1. The Morgan fingerprint density at radius 1 is 1.00 bits per heavy atom. The molecule has 9 heteroatoms. The van der Waals surface area contributed by atoms with E-state index in [1.807, 2.05) is 67.6 Å². The quantitative estimate of drug-likeness (QED) is 0.520. The van der Waals surface area contributed by atoms with E-state index in [4.69, 9.17) is 19.1 Å². The minimum Gasteiger partial charge on any atom is -0.445 e. The van der Waals surface area contributed by atoms with Crippen molar-refractivity contribution in [1.29, 1.82) is 0 Å². The number of rotatable bonds is 7. The fourth-order valence-electron chi connectivity index (χ4n) is 2.26. The van der Waals surface area contributed by atoms with Gasteiger partial charge in [-0.2, -0.15) is 0 Å². The lowest BCUT2D eigenvalue weighted by Crippen LogP contribution is -2.48. The van der Waals surface area contributed by atoms with Crippen LogP contribution in [0.2, 0.25) is 0 Å². The second kappa shape index (κ2) is 13.5. The molecule has 2 aromatic carbocycles. The molecule has 0 aromatic heterocycles. The largest absolute Gasteiger partial charge is 0.445 e. The molecule has 0 saturated carbocycles. The van der Waals surface area contributed by atoms with Crippen LogP contribution >= 0.6 is 8.25 Å². The van der Waals surface area contributed by atoms with Crippen LogP contribution in [0.3, 0.4) is 0 Å². The highest BCUT2D eigenvalue weighted by molar-refractivity contribution is 7.30. The Morgan fingerprint density at radius 2 is 1.50 bits per heavy atom. The average Bonchev–Trinajstić information content (AvgIpc) is 2.67. The summed E-state index contributed by atoms with van der Waals surface area (Å²) < 4.78 is 13.9. The predicted molar refractivity (Wildman–Crippen MR) is 106 cm³/mol. The molecule has 8 nitrogen and oxygen atoms in total. The Labute approximate surface area is 164 Å². The number of carbonyl (C=O) groups is 2. The smallest absolute Gasteiger partial charge is 0.408 e. The molecule has 0 saturated heterocycles. The molecule has 2 rings (SSSR count). The fraction of sp³-hybridized carbons (Fsp3) is 0.263. The highest BCUT2D eigenvalue weighted by Gasteiger charge is 2.21. The number of amides is 2. The number of hydrogen-bond acceptors (Lipinski definition) is 4. The van der Waals surface area contributed by atoms with Crippen molar-refractivity contribution in [2.75, 3.05) is 6.54 Å². The molecule has 0 unspecified atom stereocenters. The summed E-state index contributed by atoms with van der Waals surface area (Å²) in [6.45, 7) is 2.51. The van der Waals surface area contributed by atoms with Gasteiger partial charge in [-0.25, -0.2) is 4.79 Å². The Hall–Kier alpha value is -2.67. The van der Waals surface area contributed by atoms with E-state index in [0.29, 0.717) is 13.0 Å². The van der Waals surface area contributed by atoms with Crippen molar-refractivity contribution in [3.05, 3.63) is 71.8 Å². The van der Waals surface area contributed by atoms with Gasteiger partial charge in [-0.05, 0) is 18.1 Å². The number of alkyl carbamates (subject to hydrolysis) is 1. The maximum Gasteiger partial charge on any atom is 0.408 e. The van der Waals surface area contributed by atoms with Gasteiger partial charge in [-0.15, -0.1) is 0 Å². The lowest BCUT2D eigenvalue weighted by molar-refractivity contribution is -0.122. The summed E-state index contributed by atoms with van der Waals surface area (Å²) in [5, 5.41) is 5.38. The summed E-state index contributed by atoms with van der Waals surface area (Å²) >= 11 is 0. The van der Waals surface area contributed by atoms with E-state index >= 15 is 0 Å². The first-order valence-electron chi connectivity index (χ1n) is 8.63. The summed E-state index contributed by atoms with van der Waals surface area (Å²) in [6, 6.07) is 18.3. The van der Waals surface area contributed by atoms with Crippen LogP contribution in [-0.4, -0.2) is 34.4 Å². The summed E-state index contributed by atoms with van der Waals surface area (Å²) in [6.07, 6.45) is -0.196. The van der Waals surface area contributed by atoms with Crippen LogP contribution in [0, 0.1) is 0 Å². The van der Waals surface area contributed by atoms with E-state index in [-0.39, 0.29) is 12.5 Å². The maximum atomic E-state index is 12.2. The van der Waals surface area contributed by atoms with Gasteiger partial charge in [0.05, 0.1) is 0 Å². The monoisotopic (exact) mass is 408 g/mol. The zero-order chi connectivity index (χ0) is 20.8. The molecule has 0 aliphatic heterocycles. The molecule has 28 heavy (non-hydrogen) atoms. The van der Waals surface area contributed by atoms with E-state index in [0.717, 1.165) is 11.1 Å². The highest BCUT2D eigenvalue weighted by Crippen LogP contribution is 2.05. The minimum absolute atomic E-state index is 0.167. The van der Waals surface area contributed by atoms with E-state index in [2.05, 4.69) is 10.6 Å². The summed E-state index contributed by atoms with van der Waals surface area (Å²) in [4.78, 5) is 38.5. The van der Waals surface area contributed by atoms with Crippen LogP contribution in [0.4, 0.5) is 4.79 Å². The van der Waals surface area contributed by atoms with Crippen LogP contribution in [0.25, 0.3) is 0 Å². The molecule has 0 aliphatic carbocycles. The van der Waals surface area contributed by atoms with Crippen molar-refractivity contribution < 1.29 is 28.7 Å². The third-order valence-electron chi connectivity index (χ3n) is 3.45. The van der Waals surface area contributed by atoms with E-state index in [1.54, 1.807) is 0 Å².